The molecule has 0 amide bonds. The molecular weight excluding hydrogens is 174 g/mol. The molecule has 5 nitrogen and oxygen atoms in total. The number of tetrazole rings is 1. The molecule has 1 aliphatic heterocycles. The highest BCUT2D eigenvalue weighted by atomic mass is 32.1. The molecule has 0 unspecified atom stereocenters. The van der Waals surface area contributed by atoms with Gasteiger partial charge >= 0.3 is 0 Å². The number of rotatable bonds is 1. The van der Waals surface area contributed by atoms with Gasteiger partial charge in [-0.15, -0.1) is 5.10 Å². The molecule has 2 rings (SSSR count). The summed E-state index contributed by atoms with van der Waals surface area (Å²) < 4.78 is 2.03. The fourth-order valence-electron chi connectivity index (χ4n) is 1.48. The minimum absolute atomic E-state index is 0.489. The molecule has 0 aromatic carbocycles. The summed E-state index contributed by atoms with van der Waals surface area (Å²) in [6, 6.07) is 0. The van der Waals surface area contributed by atoms with E-state index in [0.717, 1.165) is 31.8 Å². The van der Waals surface area contributed by atoms with Crippen molar-refractivity contribution >= 4 is 12.8 Å². The maximum atomic E-state index is 4.27. The lowest BCUT2D eigenvalue weighted by molar-refractivity contribution is 0.341. The SMILES string of the molecule is SN1CCC(c2nnn[nH]2)CC1. The van der Waals surface area contributed by atoms with E-state index in [4.69, 9.17) is 0 Å². The molecule has 0 aliphatic carbocycles. The highest BCUT2D eigenvalue weighted by molar-refractivity contribution is 7.77. The number of hydrogen-bond donors (Lipinski definition) is 2. The fraction of sp³-hybridized carbons (Fsp3) is 0.833. The Morgan fingerprint density at radius 1 is 1.42 bits per heavy atom. The van der Waals surface area contributed by atoms with Crippen LogP contribution in [0, 0.1) is 0 Å². The van der Waals surface area contributed by atoms with Gasteiger partial charge in [-0.25, -0.2) is 5.10 Å². The van der Waals surface area contributed by atoms with Gasteiger partial charge in [-0.05, 0) is 23.3 Å². The third kappa shape index (κ3) is 1.59. The summed E-state index contributed by atoms with van der Waals surface area (Å²) in [5.41, 5.74) is 0. The van der Waals surface area contributed by atoms with Crippen LogP contribution in [0.3, 0.4) is 0 Å². The predicted octanol–water partition coefficient (Wildman–Crippen LogP) is 0.224. The summed E-state index contributed by atoms with van der Waals surface area (Å²) in [6.45, 7) is 2.02. The number of nitrogens with zero attached hydrogens (tertiary/aromatic N) is 4. The molecule has 1 aliphatic rings. The molecule has 6 heteroatoms. The molecule has 1 aromatic heterocycles. The Morgan fingerprint density at radius 2 is 2.17 bits per heavy atom. The van der Waals surface area contributed by atoms with Crippen molar-refractivity contribution in [3.63, 3.8) is 0 Å². The van der Waals surface area contributed by atoms with Crippen LogP contribution in [0.15, 0.2) is 0 Å². The first-order valence-electron chi connectivity index (χ1n) is 4.03. The van der Waals surface area contributed by atoms with E-state index in [1.54, 1.807) is 0 Å². The second kappa shape index (κ2) is 3.40. The number of aromatic nitrogens is 4. The number of aromatic amines is 1. The van der Waals surface area contributed by atoms with Gasteiger partial charge in [0.2, 0.25) is 0 Å². The molecule has 1 saturated heterocycles. The average molecular weight is 185 g/mol. The van der Waals surface area contributed by atoms with Crippen LogP contribution in [0.25, 0.3) is 0 Å². The molecule has 0 saturated carbocycles. The lowest BCUT2D eigenvalue weighted by Gasteiger charge is -2.25. The average Bonchev–Trinajstić information content (AvgIpc) is 2.58. The number of hydrogen-bond acceptors (Lipinski definition) is 5. The van der Waals surface area contributed by atoms with Crippen molar-refractivity contribution in [3.05, 3.63) is 5.82 Å². The van der Waals surface area contributed by atoms with Crippen molar-refractivity contribution in [1.29, 1.82) is 0 Å². The monoisotopic (exact) mass is 185 g/mol. The summed E-state index contributed by atoms with van der Waals surface area (Å²) >= 11 is 4.27. The molecule has 0 radical (unpaired) electrons. The Labute approximate surface area is 76.1 Å². The topological polar surface area (TPSA) is 57.7 Å². The zero-order chi connectivity index (χ0) is 8.39. The largest absolute Gasteiger partial charge is 0.253 e. The maximum absolute atomic E-state index is 4.27. The van der Waals surface area contributed by atoms with Gasteiger partial charge in [-0.1, -0.05) is 12.8 Å². The van der Waals surface area contributed by atoms with Crippen molar-refractivity contribution in [2.75, 3.05) is 13.1 Å². The van der Waals surface area contributed by atoms with Crippen LogP contribution in [0.5, 0.6) is 0 Å². The van der Waals surface area contributed by atoms with Gasteiger partial charge in [-0.3, -0.25) is 4.31 Å². The third-order valence-corrected chi connectivity index (χ3v) is 2.62. The van der Waals surface area contributed by atoms with E-state index in [2.05, 4.69) is 33.4 Å². The van der Waals surface area contributed by atoms with E-state index >= 15 is 0 Å². The van der Waals surface area contributed by atoms with Crippen molar-refractivity contribution in [3.8, 4) is 0 Å². The lowest BCUT2D eigenvalue weighted by atomic mass is 9.98. The number of nitrogens with one attached hydrogen (secondary N) is 1. The molecule has 1 N–H and O–H groups in total. The van der Waals surface area contributed by atoms with E-state index in [1.807, 2.05) is 4.31 Å². The lowest BCUT2D eigenvalue weighted by Crippen LogP contribution is -2.25. The quantitative estimate of drug-likeness (QED) is 0.615. The number of thiol groups is 1. The highest BCUT2D eigenvalue weighted by Gasteiger charge is 2.21. The van der Waals surface area contributed by atoms with Gasteiger partial charge in [0.25, 0.3) is 0 Å². The van der Waals surface area contributed by atoms with Gasteiger partial charge in [0.05, 0.1) is 0 Å². The molecule has 0 bridgehead atoms. The molecule has 1 fully saturated rings. The van der Waals surface area contributed by atoms with E-state index in [0.29, 0.717) is 5.92 Å². The van der Waals surface area contributed by atoms with Gasteiger partial charge in [0, 0.05) is 19.0 Å². The van der Waals surface area contributed by atoms with Gasteiger partial charge < -0.3 is 0 Å². The Balaban J connectivity index is 1.99. The molecule has 12 heavy (non-hydrogen) atoms. The Bertz CT molecular complexity index is 228. The molecule has 66 valence electrons. The van der Waals surface area contributed by atoms with Crippen LogP contribution in [0.4, 0.5) is 0 Å². The van der Waals surface area contributed by atoms with Crippen molar-refractivity contribution in [1.82, 2.24) is 24.9 Å². The first-order valence-corrected chi connectivity index (χ1v) is 4.43. The van der Waals surface area contributed by atoms with Crippen LogP contribution in [-0.4, -0.2) is 38.0 Å². The van der Waals surface area contributed by atoms with E-state index in [9.17, 15) is 0 Å². The highest BCUT2D eigenvalue weighted by Crippen LogP contribution is 2.24. The third-order valence-electron chi connectivity index (χ3n) is 2.22. The van der Waals surface area contributed by atoms with E-state index in [1.165, 1.54) is 0 Å². The van der Waals surface area contributed by atoms with E-state index in [-0.39, 0.29) is 0 Å². The van der Waals surface area contributed by atoms with Crippen LogP contribution in [-0.2, 0) is 0 Å². The minimum Gasteiger partial charge on any atom is -0.253 e. The Morgan fingerprint density at radius 3 is 2.75 bits per heavy atom. The van der Waals surface area contributed by atoms with Gasteiger partial charge in [0.15, 0.2) is 5.82 Å². The number of H-pyrrole nitrogens is 1. The number of piperidine rings is 1. The fourth-order valence-corrected chi connectivity index (χ4v) is 1.71. The van der Waals surface area contributed by atoms with E-state index < -0.39 is 0 Å². The summed E-state index contributed by atoms with van der Waals surface area (Å²) in [7, 11) is 0. The molecule has 2 heterocycles. The first-order chi connectivity index (χ1) is 5.86. The van der Waals surface area contributed by atoms with Gasteiger partial charge in [-0.2, -0.15) is 0 Å². The Kier molecular flexibility index (Phi) is 2.27. The Hall–Kier alpha value is -0.620. The summed E-state index contributed by atoms with van der Waals surface area (Å²) in [5.74, 6) is 1.40. The van der Waals surface area contributed by atoms with Crippen molar-refractivity contribution < 1.29 is 0 Å². The maximum Gasteiger partial charge on any atom is 0.151 e. The second-order valence-corrected chi connectivity index (χ2v) is 3.58. The smallest absolute Gasteiger partial charge is 0.151 e. The van der Waals surface area contributed by atoms with Crippen molar-refractivity contribution in [2.24, 2.45) is 0 Å². The molecule has 0 atom stereocenters. The normalized spacial score (nSPS) is 21.4. The minimum atomic E-state index is 0.489. The molecule has 0 spiro atoms. The van der Waals surface area contributed by atoms with Crippen molar-refractivity contribution in [2.45, 2.75) is 18.8 Å². The molecular formula is C6H11N5S. The van der Waals surface area contributed by atoms with Crippen LogP contribution >= 0.6 is 12.8 Å². The zero-order valence-corrected chi connectivity index (χ0v) is 7.54. The summed E-state index contributed by atoms with van der Waals surface area (Å²) in [5, 5.41) is 13.8. The standard InChI is InChI=1S/C6H11N5S/c12-11-3-1-5(2-4-11)6-7-9-10-8-6/h5,12H,1-4H2,(H,7,8,9,10). The predicted molar refractivity (Wildman–Crippen MR) is 46.7 cm³/mol. The summed E-state index contributed by atoms with van der Waals surface area (Å²) in [6.07, 6.45) is 2.17. The van der Waals surface area contributed by atoms with Crippen LogP contribution in [0.2, 0.25) is 0 Å². The van der Waals surface area contributed by atoms with Crippen LogP contribution in [0.1, 0.15) is 24.6 Å². The first kappa shape index (κ1) is 8.00. The second-order valence-electron chi connectivity index (χ2n) is 3.01. The summed E-state index contributed by atoms with van der Waals surface area (Å²) in [4.78, 5) is 0. The zero-order valence-electron chi connectivity index (χ0n) is 6.64. The van der Waals surface area contributed by atoms with Crippen LogP contribution < -0.4 is 0 Å². The molecule has 1 aromatic rings. The van der Waals surface area contributed by atoms with Gasteiger partial charge in [0.1, 0.15) is 0 Å².